The number of hydrogen-bond donors (Lipinski definition) is 2. The van der Waals surface area contributed by atoms with Gasteiger partial charge >= 0.3 is 6.09 Å². The van der Waals surface area contributed by atoms with Gasteiger partial charge in [0.15, 0.2) is 0 Å². The molecule has 1 unspecified atom stereocenters. The molecule has 0 fully saturated rings. The van der Waals surface area contributed by atoms with Crippen LogP contribution in [-0.4, -0.2) is 11.2 Å². The van der Waals surface area contributed by atoms with E-state index in [1.54, 1.807) is 6.07 Å². The summed E-state index contributed by atoms with van der Waals surface area (Å²) in [5, 5.41) is 11.9. The maximum atomic E-state index is 13.0. The average molecular weight is 359 g/mol. The monoisotopic (exact) mass is 359 g/mol. The second kappa shape index (κ2) is 7.06. The molecule has 0 heterocycles. The van der Waals surface area contributed by atoms with Crippen LogP contribution in [0.2, 0.25) is 0 Å². The van der Waals surface area contributed by atoms with E-state index < -0.39 is 12.5 Å². The van der Waals surface area contributed by atoms with Crippen molar-refractivity contribution in [3.8, 4) is 11.1 Å². The average Bonchev–Trinajstić information content (AvgIpc) is 2.94. The number of nitrogens with one attached hydrogen (secondary N) is 1. The second-order valence-corrected chi connectivity index (χ2v) is 6.97. The number of benzene rings is 2. The first kappa shape index (κ1) is 18.4. The van der Waals surface area contributed by atoms with Crippen LogP contribution in [-0.2, 0) is 6.42 Å². The molecule has 0 bridgehead atoms. The summed E-state index contributed by atoms with van der Waals surface area (Å²) in [4.78, 5) is 11.3. The van der Waals surface area contributed by atoms with Crippen LogP contribution in [0.1, 0.15) is 55.8 Å². The van der Waals surface area contributed by atoms with Crippen molar-refractivity contribution < 1.29 is 18.7 Å². The first-order chi connectivity index (χ1) is 12.4. The van der Waals surface area contributed by atoms with E-state index in [2.05, 4.69) is 19.2 Å². The predicted octanol–water partition coefficient (Wildman–Crippen LogP) is 5.96. The molecule has 1 atom stereocenters. The van der Waals surface area contributed by atoms with Crippen LogP contribution in [0.15, 0.2) is 42.5 Å². The minimum absolute atomic E-state index is 0.00452. The van der Waals surface area contributed by atoms with Crippen molar-refractivity contribution in [3.05, 3.63) is 59.2 Å². The maximum absolute atomic E-state index is 13.0. The fraction of sp³-hybridized carbons (Fsp3) is 0.381. The van der Waals surface area contributed by atoms with Gasteiger partial charge in [0.2, 0.25) is 0 Å². The third-order valence-corrected chi connectivity index (χ3v) is 5.76. The highest BCUT2D eigenvalue weighted by atomic mass is 19.3. The first-order valence-electron chi connectivity index (χ1n) is 8.91. The normalized spacial score (nSPS) is 18.0. The molecule has 2 aromatic rings. The molecule has 0 radical (unpaired) electrons. The highest BCUT2D eigenvalue weighted by Crippen LogP contribution is 2.50. The molecule has 2 N–H and O–H groups in total. The Kier molecular flexibility index (Phi) is 4.99. The Morgan fingerprint density at radius 1 is 1.19 bits per heavy atom. The van der Waals surface area contributed by atoms with Gasteiger partial charge in [0, 0.05) is 5.56 Å². The van der Waals surface area contributed by atoms with Gasteiger partial charge < -0.3 is 10.4 Å². The lowest BCUT2D eigenvalue weighted by Gasteiger charge is -2.33. The maximum Gasteiger partial charge on any atom is 0.405 e. The molecule has 26 heavy (non-hydrogen) atoms. The van der Waals surface area contributed by atoms with Gasteiger partial charge in [-0.3, -0.25) is 0 Å². The van der Waals surface area contributed by atoms with Crippen LogP contribution in [0.3, 0.4) is 0 Å². The van der Waals surface area contributed by atoms with Gasteiger partial charge in [-0.25, -0.2) is 13.6 Å². The van der Waals surface area contributed by atoms with E-state index in [1.165, 1.54) is 12.1 Å². The van der Waals surface area contributed by atoms with Crippen LogP contribution in [0.4, 0.5) is 13.6 Å². The third kappa shape index (κ3) is 3.18. The second-order valence-electron chi connectivity index (χ2n) is 6.97. The fourth-order valence-electron chi connectivity index (χ4n) is 4.15. The Morgan fingerprint density at radius 3 is 2.50 bits per heavy atom. The lowest BCUT2D eigenvalue weighted by Crippen LogP contribution is -2.37. The summed E-state index contributed by atoms with van der Waals surface area (Å²) in [5.41, 5.74) is 3.56. The first-order valence-corrected chi connectivity index (χ1v) is 8.91. The molecule has 138 valence electrons. The van der Waals surface area contributed by atoms with Crippen molar-refractivity contribution in [2.75, 3.05) is 0 Å². The highest BCUT2D eigenvalue weighted by molar-refractivity contribution is 5.69. The summed E-state index contributed by atoms with van der Waals surface area (Å²) in [6, 6.07) is 12.0. The summed E-state index contributed by atoms with van der Waals surface area (Å²) >= 11 is 0. The molecule has 0 aliphatic heterocycles. The summed E-state index contributed by atoms with van der Waals surface area (Å²) in [6.07, 6.45) is -1.02. The molecule has 1 aliphatic rings. The van der Waals surface area contributed by atoms with Crippen LogP contribution >= 0.6 is 0 Å². The van der Waals surface area contributed by atoms with Crippen molar-refractivity contribution in [2.45, 2.75) is 45.6 Å². The molecule has 5 heteroatoms. The number of alkyl halides is 2. The number of carbonyl (C=O) groups is 1. The lowest BCUT2D eigenvalue weighted by molar-refractivity contribution is 0.151. The number of hydrogen-bond acceptors (Lipinski definition) is 1. The van der Waals surface area contributed by atoms with Crippen molar-refractivity contribution in [1.82, 2.24) is 5.32 Å². The van der Waals surface area contributed by atoms with Gasteiger partial charge in [-0.2, -0.15) is 0 Å². The topological polar surface area (TPSA) is 49.3 Å². The number of halogens is 2. The van der Waals surface area contributed by atoms with Crippen molar-refractivity contribution in [3.63, 3.8) is 0 Å². The van der Waals surface area contributed by atoms with Gasteiger partial charge in [-0.1, -0.05) is 50.2 Å². The summed E-state index contributed by atoms with van der Waals surface area (Å²) in [5.74, 6) is 0. The van der Waals surface area contributed by atoms with E-state index in [0.717, 1.165) is 41.5 Å². The van der Waals surface area contributed by atoms with E-state index in [4.69, 9.17) is 0 Å². The Hall–Kier alpha value is -2.43. The highest BCUT2D eigenvalue weighted by Gasteiger charge is 2.44. The molecule has 2 aromatic carbocycles. The zero-order valence-corrected chi connectivity index (χ0v) is 14.9. The third-order valence-electron chi connectivity index (χ3n) is 5.76. The Morgan fingerprint density at radius 2 is 1.88 bits per heavy atom. The molecule has 0 saturated carbocycles. The van der Waals surface area contributed by atoms with E-state index >= 15 is 0 Å². The molecular formula is C21H23F2NO2. The molecule has 0 spiro atoms. The number of amides is 1. The molecule has 3 rings (SSSR count). The molecule has 1 aliphatic carbocycles. The van der Waals surface area contributed by atoms with Gasteiger partial charge in [-0.15, -0.1) is 0 Å². The van der Waals surface area contributed by atoms with E-state index in [-0.39, 0.29) is 17.0 Å². The molecule has 3 nitrogen and oxygen atoms in total. The molecule has 1 amide bonds. The summed E-state index contributed by atoms with van der Waals surface area (Å²) in [7, 11) is 0. The standard InChI is InChI=1S/C21H23F2NO2/c1-3-21(4-2)12-16-11-14(8-9-17(16)18(21)24-20(25)26)13-6-5-7-15(10-13)19(22)23/h5-11,18-19,24H,3-4,12H2,1-2H3,(H,25,26). The minimum atomic E-state index is -2.50. The van der Waals surface area contributed by atoms with Gasteiger partial charge in [-0.05, 0) is 53.0 Å². The van der Waals surface area contributed by atoms with Crippen molar-refractivity contribution in [2.24, 2.45) is 5.41 Å². The molecule has 0 aromatic heterocycles. The number of fused-ring (bicyclic) bond motifs is 1. The fourth-order valence-corrected chi connectivity index (χ4v) is 4.15. The SMILES string of the molecule is CCC1(CC)Cc2cc(-c3cccc(C(F)F)c3)ccc2C1NC(=O)O. The van der Waals surface area contributed by atoms with Crippen molar-refractivity contribution >= 4 is 6.09 Å². The summed E-state index contributed by atoms with van der Waals surface area (Å²) in [6.45, 7) is 4.16. The van der Waals surface area contributed by atoms with Gasteiger partial charge in [0.25, 0.3) is 6.43 Å². The number of carboxylic acid groups (broad SMARTS) is 1. The lowest BCUT2D eigenvalue weighted by atomic mass is 9.76. The minimum Gasteiger partial charge on any atom is -0.465 e. The Bertz CT molecular complexity index is 815. The molecule has 0 saturated heterocycles. The Labute approximate surface area is 152 Å². The smallest absolute Gasteiger partial charge is 0.405 e. The van der Waals surface area contributed by atoms with Crippen LogP contribution in [0.25, 0.3) is 11.1 Å². The Balaban J connectivity index is 2.02. The van der Waals surface area contributed by atoms with Crippen LogP contribution in [0.5, 0.6) is 0 Å². The zero-order chi connectivity index (χ0) is 18.9. The van der Waals surface area contributed by atoms with Crippen molar-refractivity contribution in [1.29, 1.82) is 0 Å². The largest absolute Gasteiger partial charge is 0.465 e. The molecular weight excluding hydrogens is 336 g/mol. The summed E-state index contributed by atoms with van der Waals surface area (Å²) < 4.78 is 26.0. The number of rotatable bonds is 5. The predicted molar refractivity (Wildman–Crippen MR) is 97.5 cm³/mol. The van der Waals surface area contributed by atoms with E-state index in [9.17, 15) is 18.7 Å². The van der Waals surface area contributed by atoms with E-state index in [0.29, 0.717) is 0 Å². The van der Waals surface area contributed by atoms with Crippen LogP contribution < -0.4 is 5.32 Å². The van der Waals surface area contributed by atoms with Gasteiger partial charge in [0.05, 0.1) is 6.04 Å². The van der Waals surface area contributed by atoms with Gasteiger partial charge in [0.1, 0.15) is 0 Å². The quantitative estimate of drug-likeness (QED) is 0.692. The van der Waals surface area contributed by atoms with E-state index in [1.807, 2.05) is 24.3 Å². The van der Waals surface area contributed by atoms with Crippen LogP contribution in [0, 0.1) is 5.41 Å². The zero-order valence-electron chi connectivity index (χ0n) is 14.9.